The first-order valence-electron chi connectivity index (χ1n) is 14.2. The molecule has 34 heavy (non-hydrogen) atoms. The fraction of sp³-hybridized carbons (Fsp3) is 1.00. The molecule has 0 saturated carbocycles. The van der Waals surface area contributed by atoms with Crippen LogP contribution in [0.4, 0.5) is 0 Å². The minimum atomic E-state index is 0.737. The highest BCUT2D eigenvalue weighted by Crippen LogP contribution is 2.16. The van der Waals surface area contributed by atoms with E-state index in [1.165, 1.54) is 58.5 Å². The zero-order valence-electron chi connectivity index (χ0n) is 22.6. The second kappa shape index (κ2) is 16.5. The largest absolute Gasteiger partial charge is 0.379 e. The number of hydrogen-bond donors (Lipinski definition) is 0. The van der Waals surface area contributed by atoms with Crippen LogP contribution in [0.5, 0.6) is 0 Å². The van der Waals surface area contributed by atoms with Crippen molar-refractivity contribution in [2.24, 2.45) is 17.8 Å². The summed E-state index contributed by atoms with van der Waals surface area (Å²) in [7, 11) is 0. The molecule has 3 rings (SSSR count). The third-order valence-corrected chi connectivity index (χ3v) is 7.84. The first-order chi connectivity index (χ1) is 16.6. The van der Waals surface area contributed by atoms with E-state index in [2.05, 4.69) is 40.4 Å². The van der Waals surface area contributed by atoms with Crippen LogP contribution in [0, 0.1) is 17.8 Å². The maximum atomic E-state index is 5.52. The van der Waals surface area contributed by atoms with E-state index < -0.39 is 0 Å². The predicted molar refractivity (Wildman–Crippen MR) is 140 cm³/mol. The fourth-order valence-electron chi connectivity index (χ4n) is 5.50. The molecule has 3 unspecified atom stereocenters. The summed E-state index contributed by atoms with van der Waals surface area (Å²) in [6.45, 7) is 26.8. The van der Waals surface area contributed by atoms with Crippen molar-refractivity contribution >= 4 is 0 Å². The molecule has 0 bridgehead atoms. The smallest absolute Gasteiger partial charge is 0.0594 e. The van der Waals surface area contributed by atoms with Crippen LogP contribution in [-0.4, -0.2) is 138 Å². The SMILES string of the molecule is CC(CCN1CCOCC1)CN(CC(C)CCN1CCOCC1)CC(C)CCN1CCOCC1. The summed E-state index contributed by atoms with van der Waals surface area (Å²) in [6, 6.07) is 0. The van der Waals surface area contributed by atoms with Crippen molar-refractivity contribution in [1.82, 2.24) is 19.6 Å². The normalized spacial score (nSPS) is 24.4. The molecule has 0 aromatic carbocycles. The van der Waals surface area contributed by atoms with E-state index in [-0.39, 0.29) is 0 Å². The molecule has 0 aromatic heterocycles. The zero-order valence-corrected chi connectivity index (χ0v) is 22.6. The highest BCUT2D eigenvalue weighted by molar-refractivity contribution is 4.74. The van der Waals surface area contributed by atoms with Crippen LogP contribution in [0.2, 0.25) is 0 Å². The molecule has 0 amide bonds. The standard InChI is InChI=1S/C27H54N4O3/c1-25(4-7-28-10-16-32-17-11-28)22-31(23-26(2)5-8-29-12-18-33-19-13-29)24-27(3)6-9-30-14-20-34-21-15-30/h25-27H,4-24H2,1-3H3. The Hall–Kier alpha value is -0.280. The lowest BCUT2D eigenvalue weighted by atomic mass is 10.0. The van der Waals surface area contributed by atoms with Crippen molar-refractivity contribution in [1.29, 1.82) is 0 Å². The van der Waals surface area contributed by atoms with E-state index >= 15 is 0 Å². The van der Waals surface area contributed by atoms with Crippen molar-refractivity contribution in [2.75, 3.05) is 118 Å². The molecule has 3 aliphatic rings. The van der Waals surface area contributed by atoms with Crippen molar-refractivity contribution in [3.05, 3.63) is 0 Å². The second-order valence-corrected chi connectivity index (χ2v) is 11.3. The Morgan fingerprint density at radius 2 is 0.765 bits per heavy atom. The van der Waals surface area contributed by atoms with Gasteiger partial charge in [0.1, 0.15) is 0 Å². The fourth-order valence-corrected chi connectivity index (χ4v) is 5.50. The Morgan fingerprint density at radius 1 is 0.500 bits per heavy atom. The first kappa shape index (κ1) is 28.3. The predicted octanol–water partition coefficient (Wildman–Crippen LogP) is 2.36. The van der Waals surface area contributed by atoms with E-state index in [4.69, 9.17) is 14.2 Å². The van der Waals surface area contributed by atoms with Gasteiger partial charge in [-0.1, -0.05) is 20.8 Å². The molecule has 3 aliphatic heterocycles. The summed E-state index contributed by atoms with van der Waals surface area (Å²) in [5.41, 5.74) is 0. The van der Waals surface area contributed by atoms with E-state index in [0.717, 1.165) is 96.7 Å². The molecule has 7 heteroatoms. The zero-order chi connectivity index (χ0) is 24.0. The molecule has 0 aliphatic carbocycles. The molecule has 0 spiro atoms. The van der Waals surface area contributed by atoms with Gasteiger partial charge in [-0.2, -0.15) is 0 Å². The molecule has 0 aromatic rings. The summed E-state index contributed by atoms with van der Waals surface area (Å²) in [4.78, 5) is 10.6. The first-order valence-corrected chi connectivity index (χ1v) is 14.2. The summed E-state index contributed by atoms with van der Waals surface area (Å²) in [5, 5.41) is 0. The Bertz CT molecular complexity index is 437. The van der Waals surface area contributed by atoms with Crippen LogP contribution in [-0.2, 0) is 14.2 Å². The van der Waals surface area contributed by atoms with Gasteiger partial charge in [0.15, 0.2) is 0 Å². The monoisotopic (exact) mass is 482 g/mol. The van der Waals surface area contributed by atoms with Gasteiger partial charge >= 0.3 is 0 Å². The Labute approximate surface area is 210 Å². The van der Waals surface area contributed by atoms with Crippen LogP contribution < -0.4 is 0 Å². The van der Waals surface area contributed by atoms with Crippen LogP contribution in [0.3, 0.4) is 0 Å². The highest BCUT2D eigenvalue weighted by Gasteiger charge is 2.20. The van der Waals surface area contributed by atoms with Gasteiger partial charge in [-0.15, -0.1) is 0 Å². The van der Waals surface area contributed by atoms with Crippen LogP contribution in [0.25, 0.3) is 0 Å². The third kappa shape index (κ3) is 11.6. The minimum absolute atomic E-state index is 0.737. The van der Waals surface area contributed by atoms with Crippen molar-refractivity contribution in [3.8, 4) is 0 Å². The van der Waals surface area contributed by atoms with Gasteiger partial charge < -0.3 is 19.1 Å². The molecular weight excluding hydrogens is 428 g/mol. The number of hydrogen-bond acceptors (Lipinski definition) is 7. The maximum Gasteiger partial charge on any atom is 0.0594 e. The Balaban J connectivity index is 1.42. The van der Waals surface area contributed by atoms with Gasteiger partial charge in [0.05, 0.1) is 39.6 Å². The summed E-state index contributed by atoms with van der Waals surface area (Å²) >= 11 is 0. The molecule has 3 saturated heterocycles. The number of nitrogens with zero attached hydrogens (tertiary/aromatic N) is 4. The van der Waals surface area contributed by atoms with E-state index in [0.29, 0.717) is 0 Å². The van der Waals surface area contributed by atoms with Crippen molar-refractivity contribution in [2.45, 2.75) is 40.0 Å². The van der Waals surface area contributed by atoms with Gasteiger partial charge in [0, 0.05) is 58.9 Å². The molecule has 200 valence electrons. The lowest BCUT2D eigenvalue weighted by Crippen LogP contribution is -2.41. The average molecular weight is 483 g/mol. The topological polar surface area (TPSA) is 40.7 Å². The van der Waals surface area contributed by atoms with Crippen LogP contribution in [0.15, 0.2) is 0 Å². The molecule has 3 heterocycles. The van der Waals surface area contributed by atoms with Crippen molar-refractivity contribution in [3.63, 3.8) is 0 Å². The molecule has 3 atom stereocenters. The van der Waals surface area contributed by atoms with Crippen LogP contribution in [0.1, 0.15) is 40.0 Å². The molecule has 3 fully saturated rings. The van der Waals surface area contributed by atoms with Gasteiger partial charge in [-0.3, -0.25) is 14.7 Å². The Morgan fingerprint density at radius 3 is 1.03 bits per heavy atom. The minimum Gasteiger partial charge on any atom is -0.379 e. The summed E-state index contributed by atoms with van der Waals surface area (Å²) in [5.74, 6) is 2.21. The molecular formula is C27H54N4O3. The quantitative estimate of drug-likeness (QED) is 0.355. The third-order valence-electron chi connectivity index (χ3n) is 7.84. The van der Waals surface area contributed by atoms with E-state index in [1.807, 2.05) is 0 Å². The maximum absolute atomic E-state index is 5.52. The van der Waals surface area contributed by atoms with Crippen molar-refractivity contribution < 1.29 is 14.2 Å². The number of ether oxygens (including phenoxy) is 3. The number of morpholine rings is 3. The average Bonchev–Trinajstić information content (AvgIpc) is 2.87. The molecule has 0 N–H and O–H groups in total. The lowest BCUT2D eigenvalue weighted by molar-refractivity contribution is 0.0318. The summed E-state index contributed by atoms with van der Waals surface area (Å²) < 4.78 is 16.6. The molecule has 0 radical (unpaired) electrons. The van der Waals surface area contributed by atoms with E-state index in [9.17, 15) is 0 Å². The van der Waals surface area contributed by atoms with Gasteiger partial charge in [0.2, 0.25) is 0 Å². The second-order valence-electron chi connectivity index (χ2n) is 11.3. The van der Waals surface area contributed by atoms with E-state index in [1.54, 1.807) is 0 Å². The van der Waals surface area contributed by atoms with Gasteiger partial charge in [0.25, 0.3) is 0 Å². The van der Waals surface area contributed by atoms with Gasteiger partial charge in [-0.25, -0.2) is 0 Å². The van der Waals surface area contributed by atoms with Gasteiger partial charge in [-0.05, 0) is 56.7 Å². The Kier molecular flexibility index (Phi) is 13.7. The summed E-state index contributed by atoms with van der Waals surface area (Å²) in [6.07, 6.45) is 3.88. The highest BCUT2D eigenvalue weighted by atomic mass is 16.5. The lowest BCUT2D eigenvalue weighted by Gasteiger charge is -2.34. The number of rotatable bonds is 15. The molecule has 7 nitrogen and oxygen atoms in total. The van der Waals surface area contributed by atoms with Crippen LogP contribution >= 0.6 is 0 Å².